The molecule has 27 heavy (non-hydrogen) atoms. The molecule has 146 valence electrons. The summed E-state index contributed by atoms with van der Waals surface area (Å²) in [6.45, 7) is 5.18. The Hall–Kier alpha value is -1.82. The van der Waals surface area contributed by atoms with Gasteiger partial charge in [0, 0.05) is 11.8 Å². The Morgan fingerprint density at radius 3 is 2.15 bits per heavy atom. The second-order valence-electron chi connectivity index (χ2n) is 7.68. The number of aliphatic hydroxyl groups is 1. The van der Waals surface area contributed by atoms with Crippen molar-refractivity contribution in [3.05, 3.63) is 59.7 Å². The molecule has 0 radical (unpaired) electrons. The van der Waals surface area contributed by atoms with Crippen molar-refractivity contribution in [1.82, 2.24) is 0 Å². The lowest BCUT2D eigenvalue weighted by atomic mass is 9.87. The standard InChI is InChI=1S/C22H26F2O3/c1-3-11-21(2)14-26-22(25,27-15-21)12-10-16-4-6-17(7-5-16)18-8-9-19(23)20(24)13-18/h4-9,13,25H,3,10-12,14-15H2,1-2H3. The van der Waals surface area contributed by atoms with E-state index in [9.17, 15) is 13.9 Å². The Morgan fingerprint density at radius 1 is 0.926 bits per heavy atom. The molecule has 1 heterocycles. The fourth-order valence-corrected chi connectivity index (χ4v) is 3.39. The van der Waals surface area contributed by atoms with Crippen molar-refractivity contribution in [2.45, 2.75) is 45.5 Å². The monoisotopic (exact) mass is 376 g/mol. The average molecular weight is 376 g/mol. The molecule has 0 aliphatic carbocycles. The van der Waals surface area contributed by atoms with Crippen LogP contribution in [0.4, 0.5) is 8.78 Å². The van der Waals surface area contributed by atoms with Crippen LogP contribution in [0.1, 0.15) is 38.7 Å². The van der Waals surface area contributed by atoms with E-state index in [1.54, 1.807) is 6.07 Å². The maximum absolute atomic E-state index is 13.4. The molecular formula is C22H26F2O3. The first-order valence-corrected chi connectivity index (χ1v) is 9.37. The second-order valence-corrected chi connectivity index (χ2v) is 7.68. The Labute approximate surface area is 158 Å². The topological polar surface area (TPSA) is 38.7 Å². The first-order chi connectivity index (χ1) is 12.8. The summed E-state index contributed by atoms with van der Waals surface area (Å²) in [6, 6.07) is 11.4. The highest BCUT2D eigenvalue weighted by atomic mass is 19.2. The number of rotatable bonds is 6. The van der Waals surface area contributed by atoms with Crippen molar-refractivity contribution in [2.75, 3.05) is 13.2 Å². The number of aryl methyl sites for hydroxylation is 1. The summed E-state index contributed by atoms with van der Waals surface area (Å²) in [6.07, 6.45) is 2.96. The molecule has 0 aromatic heterocycles. The lowest BCUT2D eigenvalue weighted by Crippen LogP contribution is -2.48. The molecule has 0 spiro atoms. The van der Waals surface area contributed by atoms with Gasteiger partial charge in [-0.15, -0.1) is 0 Å². The summed E-state index contributed by atoms with van der Waals surface area (Å²) >= 11 is 0. The van der Waals surface area contributed by atoms with Crippen molar-refractivity contribution < 1.29 is 23.4 Å². The van der Waals surface area contributed by atoms with Gasteiger partial charge in [-0.25, -0.2) is 8.78 Å². The fraction of sp³-hybridized carbons (Fsp3) is 0.455. The normalized spacial score (nSPS) is 25.5. The van der Waals surface area contributed by atoms with Crippen LogP contribution in [0.25, 0.3) is 11.1 Å². The zero-order valence-electron chi connectivity index (χ0n) is 15.8. The molecule has 2 aromatic carbocycles. The van der Waals surface area contributed by atoms with Crippen LogP contribution in [-0.4, -0.2) is 24.3 Å². The molecule has 5 heteroatoms. The summed E-state index contributed by atoms with van der Waals surface area (Å²) in [5.41, 5.74) is 2.38. The maximum Gasteiger partial charge on any atom is 0.280 e. The minimum atomic E-state index is -1.55. The van der Waals surface area contributed by atoms with Crippen LogP contribution in [0.15, 0.2) is 42.5 Å². The zero-order chi connectivity index (χ0) is 19.5. The van der Waals surface area contributed by atoms with Gasteiger partial charge in [-0.05, 0) is 41.7 Å². The van der Waals surface area contributed by atoms with E-state index in [4.69, 9.17) is 9.47 Å². The molecule has 0 saturated carbocycles. The number of hydrogen-bond acceptors (Lipinski definition) is 3. The van der Waals surface area contributed by atoms with E-state index in [1.807, 2.05) is 24.3 Å². The molecule has 1 fully saturated rings. The first kappa shape index (κ1) is 19.9. The number of halogens is 2. The number of benzene rings is 2. The molecule has 0 unspecified atom stereocenters. The highest BCUT2D eigenvalue weighted by Gasteiger charge is 2.40. The smallest absolute Gasteiger partial charge is 0.280 e. The average Bonchev–Trinajstić information content (AvgIpc) is 2.66. The Balaban J connectivity index is 1.58. The van der Waals surface area contributed by atoms with Gasteiger partial charge in [0.2, 0.25) is 0 Å². The van der Waals surface area contributed by atoms with Gasteiger partial charge in [0.15, 0.2) is 11.6 Å². The maximum atomic E-state index is 13.4. The third-order valence-corrected chi connectivity index (χ3v) is 5.08. The van der Waals surface area contributed by atoms with Crippen LogP contribution >= 0.6 is 0 Å². The molecule has 0 amide bonds. The predicted molar refractivity (Wildman–Crippen MR) is 100.0 cm³/mol. The van der Waals surface area contributed by atoms with Gasteiger partial charge in [-0.2, -0.15) is 0 Å². The van der Waals surface area contributed by atoms with Crippen molar-refractivity contribution in [2.24, 2.45) is 5.41 Å². The largest absolute Gasteiger partial charge is 0.343 e. The van der Waals surface area contributed by atoms with Gasteiger partial charge < -0.3 is 14.6 Å². The van der Waals surface area contributed by atoms with Crippen LogP contribution in [0.5, 0.6) is 0 Å². The van der Waals surface area contributed by atoms with Gasteiger partial charge in [-0.3, -0.25) is 0 Å². The van der Waals surface area contributed by atoms with Gasteiger partial charge in [0.25, 0.3) is 5.97 Å². The minimum absolute atomic E-state index is 0.0486. The zero-order valence-corrected chi connectivity index (χ0v) is 15.8. The molecule has 0 bridgehead atoms. The van der Waals surface area contributed by atoms with E-state index < -0.39 is 17.6 Å². The first-order valence-electron chi connectivity index (χ1n) is 9.37. The van der Waals surface area contributed by atoms with E-state index in [1.165, 1.54) is 6.07 Å². The lowest BCUT2D eigenvalue weighted by Gasteiger charge is -2.41. The Kier molecular flexibility index (Phi) is 5.94. The minimum Gasteiger partial charge on any atom is -0.343 e. The van der Waals surface area contributed by atoms with E-state index in [0.29, 0.717) is 31.6 Å². The fourth-order valence-electron chi connectivity index (χ4n) is 3.39. The second kappa shape index (κ2) is 8.05. The summed E-state index contributed by atoms with van der Waals surface area (Å²) < 4.78 is 37.7. The van der Waals surface area contributed by atoms with Crippen LogP contribution in [0.2, 0.25) is 0 Å². The Morgan fingerprint density at radius 2 is 1.56 bits per heavy atom. The van der Waals surface area contributed by atoms with E-state index in [0.717, 1.165) is 30.0 Å². The van der Waals surface area contributed by atoms with Crippen molar-refractivity contribution >= 4 is 0 Å². The lowest BCUT2D eigenvalue weighted by molar-refractivity contribution is -0.404. The van der Waals surface area contributed by atoms with Crippen molar-refractivity contribution in [3.8, 4) is 11.1 Å². The Bertz CT molecular complexity index is 766. The van der Waals surface area contributed by atoms with Gasteiger partial charge in [0.05, 0.1) is 13.2 Å². The van der Waals surface area contributed by atoms with Gasteiger partial charge in [0.1, 0.15) is 0 Å². The molecule has 0 atom stereocenters. The number of hydrogen-bond donors (Lipinski definition) is 1. The molecule has 1 N–H and O–H groups in total. The molecule has 1 saturated heterocycles. The van der Waals surface area contributed by atoms with Crippen LogP contribution in [0, 0.1) is 17.0 Å². The third-order valence-electron chi connectivity index (χ3n) is 5.08. The molecule has 3 nitrogen and oxygen atoms in total. The van der Waals surface area contributed by atoms with E-state index >= 15 is 0 Å². The highest BCUT2D eigenvalue weighted by molar-refractivity contribution is 5.63. The molecule has 3 rings (SSSR count). The molecule has 1 aliphatic rings. The molecule has 2 aromatic rings. The van der Waals surface area contributed by atoms with Crippen molar-refractivity contribution in [3.63, 3.8) is 0 Å². The van der Waals surface area contributed by atoms with Gasteiger partial charge in [-0.1, -0.05) is 50.6 Å². The molecule has 1 aliphatic heterocycles. The summed E-state index contributed by atoms with van der Waals surface area (Å²) in [7, 11) is 0. The van der Waals surface area contributed by atoms with Crippen LogP contribution in [-0.2, 0) is 15.9 Å². The van der Waals surface area contributed by atoms with E-state index in [2.05, 4.69) is 13.8 Å². The third kappa shape index (κ3) is 4.92. The predicted octanol–water partition coefficient (Wildman–Crippen LogP) is 5.06. The quantitative estimate of drug-likeness (QED) is 0.766. The van der Waals surface area contributed by atoms with Crippen LogP contribution in [0.3, 0.4) is 0 Å². The summed E-state index contributed by atoms with van der Waals surface area (Å²) in [5.74, 6) is -3.27. The summed E-state index contributed by atoms with van der Waals surface area (Å²) in [4.78, 5) is 0. The molecular weight excluding hydrogens is 350 g/mol. The van der Waals surface area contributed by atoms with Gasteiger partial charge >= 0.3 is 0 Å². The van der Waals surface area contributed by atoms with E-state index in [-0.39, 0.29) is 5.41 Å². The summed E-state index contributed by atoms with van der Waals surface area (Å²) in [5, 5.41) is 10.5. The SMILES string of the molecule is CCCC1(C)COC(O)(CCc2ccc(-c3ccc(F)c(F)c3)cc2)OC1. The van der Waals surface area contributed by atoms with Crippen molar-refractivity contribution in [1.29, 1.82) is 0 Å². The highest BCUT2D eigenvalue weighted by Crippen LogP contribution is 2.34. The number of ether oxygens (including phenoxy) is 2. The van der Waals surface area contributed by atoms with Crippen LogP contribution < -0.4 is 0 Å².